The van der Waals surface area contributed by atoms with Crippen molar-refractivity contribution >= 4 is 40.1 Å². The number of nitrogens with zero attached hydrogens (tertiary/aromatic N) is 4. The number of fused-ring (bicyclic) bond motifs is 2. The number of benzene rings is 2. The highest BCUT2D eigenvalue weighted by Gasteiger charge is 2.32. The molecule has 4 amide bonds. The Morgan fingerprint density at radius 1 is 1.17 bits per heavy atom. The van der Waals surface area contributed by atoms with Gasteiger partial charge in [0.15, 0.2) is 5.76 Å². The van der Waals surface area contributed by atoms with Gasteiger partial charge in [0.1, 0.15) is 23.2 Å². The lowest BCUT2D eigenvalue weighted by molar-refractivity contribution is -0.134. The van der Waals surface area contributed by atoms with Crippen LogP contribution in [0.25, 0.3) is 10.9 Å². The molecular formula is C34H42N6O6. The Kier molecular flexibility index (Phi) is 9.66. The molecule has 3 heterocycles. The third-order valence-corrected chi connectivity index (χ3v) is 8.60. The summed E-state index contributed by atoms with van der Waals surface area (Å²) in [5, 5.41) is 20.7. The van der Waals surface area contributed by atoms with Gasteiger partial charge in [0.2, 0.25) is 11.8 Å². The van der Waals surface area contributed by atoms with Crippen molar-refractivity contribution in [2.75, 3.05) is 37.4 Å². The van der Waals surface area contributed by atoms with Crippen LogP contribution in [0.5, 0.6) is 5.75 Å². The lowest BCUT2D eigenvalue weighted by Crippen LogP contribution is -2.48. The van der Waals surface area contributed by atoms with Crippen LogP contribution in [0.2, 0.25) is 0 Å². The van der Waals surface area contributed by atoms with Gasteiger partial charge in [-0.3, -0.25) is 9.59 Å². The minimum Gasteiger partial charge on any atom is -0.488 e. The van der Waals surface area contributed by atoms with E-state index in [4.69, 9.17) is 9.26 Å². The van der Waals surface area contributed by atoms with Crippen molar-refractivity contribution in [2.45, 2.75) is 52.7 Å². The molecule has 2 aromatic heterocycles. The third-order valence-electron chi connectivity index (χ3n) is 8.60. The Morgan fingerprint density at radius 3 is 2.65 bits per heavy atom. The molecule has 0 radical (unpaired) electrons. The molecule has 0 saturated heterocycles. The highest BCUT2D eigenvalue weighted by molar-refractivity contribution is 5.96. The topological polar surface area (TPSA) is 142 Å². The molecule has 3 N–H and O–H groups in total. The van der Waals surface area contributed by atoms with Gasteiger partial charge in [-0.05, 0) is 50.6 Å². The maximum Gasteiger partial charge on any atom is 0.321 e. The number of nitrogens with one attached hydrogen (secondary N) is 2. The van der Waals surface area contributed by atoms with Gasteiger partial charge in [-0.15, -0.1) is 0 Å². The molecule has 0 bridgehead atoms. The summed E-state index contributed by atoms with van der Waals surface area (Å²) in [7, 11) is 3.63. The summed E-state index contributed by atoms with van der Waals surface area (Å²) in [4.78, 5) is 43.1. The van der Waals surface area contributed by atoms with E-state index in [1.54, 1.807) is 50.9 Å². The number of aryl methyl sites for hydroxylation is 3. The molecule has 3 atom stereocenters. The molecule has 0 aliphatic carbocycles. The van der Waals surface area contributed by atoms with Crippen LogP contribution >= 0.6 is 0 Å². The Hall–Kier alpha value is -4.84. The molecule has 1 aliphatic rings. The number of amides is 4. The van der Waals surface area contributed by atoms with Crippen LogP contribution < -0.4 is 15.4 Å². The number of hydrogen-bond acceptors (Lipinski definition) is 7. The quantitative estimate of drug-likeness (QED) is 0.264. The van der Waals surface area contributed by atoms with E-state index in [1.165, 1.54) is 4.90 Å². The SMILES string of the molecule is Cc1noc(C)c1NC(=O)N(C)C[C@H]1Oc2ccc(NC(=O)Cc3cn(C)c4ccccc34)cc2CC(=O)N([C@@H](C)CO)C[C@@H]1C. The summed E-state index contributed by atoms with van der Waals surface area (Å²) >= 11 is 0. The van der Waals surface area contributed by atoms with E-state index in [2.05, 4.69) is 15.8 Å². The zero-order chi connectivity index (χ0) is 33.1. The van der Waals surface area contributed by atoms with Crippen LogP contribution in [0.3, 0.4) is 0 Å². The second kappa shape index (κ2) is 13.7. The zero-order valence-corrected chi connectivity index (χ0v) is 27.2. The highest BCUT2D eigenvalue weighted by Crippen LogP contribution is 2.30. The summed E-state index contributed by atoms with van der Waals surface area (Å²) in [5.74, 6) is 0.461. The van der Waals surface area contributed by atoms with Crippen molar-refractivity contribution in [2.24, 2.45) is 13.0 Å². The van der Waals surface area contributed by atoms with Crippen LogP contribution in [0.15, 0.2) is 53.2 Å². The predicted molar refractivity (Wildman–Crippen MR) is 175 cm³/mol. The number of carbonyl (C=O) groups excluding carboxylic acids is 3. The molecule has 12 nitrogen and oxygen atoms in total. The molecule has 0 saturated carbocycles. The van der Waals surface area contributed by atoms with Crippen molar-refractivity contribution in [3.63, 3.8) is 0 Å². The number of hydrogen-bond donors (Lipinski definition) is 3. The molecular weight excluding hydrogens is 588 g/mol. The van der Waals surface area contributed by atoms with E-state index in [1.807, 2.05) is 49.0 Å². The van der Waals surface area contributed by atoms with Crippen molar-refractivity contribution in [1.82, 2.24) is 19.5 Å². The van der Waals surface area contributed by atoms with E-state index >= 15 is 0 Å². The number of aliphatic hydroxyl groups excluding tert-OH is 1. The van der Waals surface area contributed by atoms with Gasteiger partial charge in [0.25, 0.3) is 0 Å². The van der Waals surface area contributed by atoms with Gasteiger partial charge >= 0.3 is 6.03 Å². The predicted octanol–water partition coefficient (Wildman–Crippen LogP) is 4.28. The van der Waals surface area contributed by atoms with Crippen molar-refractivity contribution < 1.29 is 28.8 Å². The summed E-state index contributed by atoms with van der Waals surface area (Å²) in [6.07, 6.45) is 1.68. The summed E-state index contributed by atoms with van der Waals surface area (Å²) < 4.78 is 13.7. The molecule has 244 valence electrons. The number of rotatable bonds is 8. The van der Waals surface area contributed by atoms with Crippen LogP contribution in [0, 0.1) is 19.8 Å². The fraction of sp³-hybridized carbons (Fsp3) is 0.412. The lowest BCUT2D eigenvalue weighted by Gasteiger charge is -2.34. The van der Waals surface area contributed by atoms with Gasteiger partial charge in [0.05, 0.1) is 32.0 Å². The van der Waals surface area contributed by atoms with E-state index in [0.29, 0.717) is 40.7 Å². The number of para-hydroxylation sites is 1. The van der Waals surface area contributed by atoms with E-state index < -0.39 is 12.1 Å². The average molecular weight is 631 g/mol. The van der Waals surface area contributed by atoms with Gasteiger partial charge in [0, 0.05) is 54.9 Å². The van der Waals surface area contributed by atoms with Gasteiger partial charge in [-0.2, -0.15) is 0 Å². The first kappa shape index (κ1) is 32.6. The van der Waals surface area contributed by atoms with Gasteiger partial charge in [-0.1, -0.05) is 30.3 Å². The van der Waals surface area contributed by atoms with Crippen molar-refractivity contribution in [3.05, 3.63) is 71.2 Å². The number of likely N-dealkylation sites (N-methyl/N-ethyl adjacent to an activating group) is 1. The van der Waals surface area contributed by atoms with E-state index in [9.17, 15) is 19.5 Å². The molecule has 46 heavy (non-hydrogen) atoms. The average Bonchev–Trinajstić information content (AvgIpc) is 3.53. The smallest absolute Gasteiger partial charge is 0.321 e. The minimum atomic E-state index is -0.495. The molecule has 4 aromatic rings. The van der Waals surface area contributed by atoms with Crippen LogP contribution in [0.4, 0.5) is 16.2 Å². The Bertz CT molecular complexity index is 1730. The first-order valence-corrected chi connectivity index (χ1v) is 15.4. The number of carbonyl (C=O) groups is 3. The molecule has 2 aromatic carbocycles. The first-order chi connectivity index (χ1) is 21.9. The molecule has 5 rings (SSSR count). The third kappa shape index (κ3) is 7.02. The largest absolute Gasteiger partial charge is 0.488 e. The monoisotopic (exact) mass is 630 g/mol. The van der Waals surface area contributed by atoms with Crippen molar-refractivity contribution in [1.29, 1.82) is 0 Å². The number of ether oxygens (including phenoxy) is 1. The summed E-state index contributed by atoms with van der Waals surface area (Å²) in [5.41, 5.74) is 4.22. The first-order valence-electron chi connectivity index (χ1n) is 15.4. The maximum atomic E-state index is 13.6. The molecule has 0 fully saturated rings. The number of urea groups is 1. The molecule has 1 aliphatic heterocycles. The van der Waals surface area contributed by atoms with Gasteiger partial charge < -0.3 is 39.4 Å². The lowest BCUT2D eigenvalue weighted by atomic mass is 10.0. The Labute approximate surface area is 268 Å². The zero-order valence-electron chi connectivity index (χ0n) is 27.2. The van der Waals surface area contributed by atoms with E-state index in [0.717, 1.165) is 16.5 Å². The highest BCUT2D eigenvalue weighted by atomic mass is 16.5. The van der Waals surface area contributed by atoms with Gasteiger partial charge in [-0.25, -0.2) is 4.79 Å². The number of aromatic nitrogens is 2. The fourth-order valence-electron chi connectivity index (χ4n) is 5.89. The summed E-state index contributed by atoms with van der Waals surface area (Å²) in [6.45, 7) is 7.59. The van der Waals surface area contributed by atoms with Crippen LogP contribution in [-0.4, -0.2) is 81.4 Å². The summed E-state index contributed by atoms with van der Waals surface area (Å²) in [6, 6.07) is 12.4. The number of aliphatic hydroxyl groups is 1. The second-order valence-corrected chi connectivity index (χ2v) is 12.2. The number of anilines is 2. The molecule has 0 spiro atoms. The molecule has 0 unspecified atom stereocenters. The molecule has 12 heteroatoms. The minimum absolute atomic E-state index is 0.0223. The van der Waals surface area contributed by atoms with E-state index in [-0.39, 0.29) is 49.8 Å². The second-order valence-electron chi connectivity index (χ2n) is 12.2. The van der Waals surface area contributed by atoms with Crippen LogP contribution in [-0.2, 0) is 29.5 Å². The maximum absolute atomic E-state index is 13.6. The Morgan fingerprint density at radius 2 is 1.93 bits per heavy atom. The Balaban J connectivity index is 1.37. The standard InChI is InChI=1S/C34H42N6O6/c1-20-16-40(21(2)19-41)32(43)15-24-13-26(35-31(42)14-25-17-38(5)28-10-8-7-9-27(25)28)11-12-29(24)45-30(20)18-39(6)34(44)36-33-22(3)37-46-23(33)4/h7-13,17,20-21,30,41H,14-16,18-19H2,1-6H3,(H,35,42)(H,36,44)/t20-,21-,30+/m0/s1. The van der Waals surface area contributed by atoms with Crippen molar-refractivity contribution in [3.8, 4) is 5.75 Å². The normalized spacial score (nSPS) is 17.4. The fourth-order valence-corrected chi connectivity index (χ4v) is 5.89. The van der Waals surface area contributed by atoms with Crippen LogP contribution in [0.1, 0.15) is 36.4 Å².